The van der Waals surface area contributed by atoms with E-state index in [1.807, 2.05) is 6.92 Å². The standard InChI is InChI=1S/C12H12F5N3/c1-6-4-18-11(20-6)19-5-7-2-10(14)8(3-9(7)13)12(15,16)17/h2-3,6H,4-5H2,1H3,(H2,18,19,20). The van der Waals surface area contributed by atoms with Crippen LogP contribution in [0.25, 0.3) is 0 Å². The van der Waals surface area contributed by atoms with E-state index in [-0.39, 0.29) is 24.2 Å². The van der Waals surface area contributed by atoms with Gasteiger partial charge >= 0.3 is 6.18 Å². The molecule has 110 valence electrons. The van der Waals surface area contributed by atoms with Crippen LogP contribution < -0.4 is 10.6 Å². The molecule has 8 heteroatoms. The summed E-state index contributed by atoms with van der Waals surface area (Å²) in [5.74, 6) is -2.19. The maximum atomic E-state index is 13.5. The van der Waals surface area contributed by atoms with Crippen LogP contribution in [-0.4, -0.2) is 18.5 Å². The Morgan fingerprint density at radius 3 is 2.55 bits per heavy atom. The topological polar surface area (TPSA) is 36.4 Å². The Labute approximate surface area is 111 Å². The number of nitrogens with zero attached hydrogens (tertiary/aromatic N) is 1. The first-order chi connectivity index (χ1) is 9.27. The summed E-state index contributed by atoms with van der Waals surface area (Å²) in [4.78, 5) is 4.04. The van der Waals surface area contributed by atoms with Gasteiger partial charge in [-0.05, 0) is 19.1 Å². The number of hydrogen-bond donors (Lipinski definition) is 2. The average molecular weight is 293 g/mol. The molecule has 0 aliphatic carbocycles. The number of alkyl halides is 3. The minimum absolute atomic E-state index is 0.131. The summed E-state index contributed by atoms with van der Waals surface area (Å²) in [5, 5.41) is 5.64. The molecule has 1 aromatic carbocycles. The molecule has 1 unspecified atom stereocenters. The molecule has 0 amide bonds. The molecule has 2 N–H and O–H groups in total. The van der Waals surface area contributed by atoms with Crippen LogP contribution in [0.15, 0.2) is 17.1 Å². The number of aliphatic imine (C=N–C) groups is 1. The van der Waals surface area contributed by atoms with Gasteiger partial charge in [0, 0.05) is 18.2 Å². The molecule has 1 aromatic rings. The van der Waals surface area contributed by atoms with Gasteiger partial charge in [-0.25, -0.2) is 8.78 Å². The summed E-state index contributed by atoms with van der Waals surface area (Å²) >= 11 is 0. The van der Waals surface area contributed by atoms with Crippen molar-refractivity contribution in [3.8, 4) is 0 Å². The van der Waals surface area contributed by atoms with E-state index in [0.717, 1.165) is 0 Å². The maximum Gasteiger partial charge on any atom is 0.419 e. The molecule has 20 heavy (non-hydrogen) atoms. The van der Waals surface area contributed by atoms with Crippen molar-refractivity contribution in [1.29, 1.82) is 0 Å². The van der Waals surface area contributed by atoms with Gasteiger partial charge in [0.25, 0.3) is 0 Å². The number of rotatable bonds is 2. The van der Waals surface area contributed by atoms with Crippen molar-refractivity contribution in [3.63, 3.8) is 0 Å². The molecule has 0 saturated carbocycles. The quantitative estimate of drug-likeness (QED) is 0.822. The molecular weight excluding hydrogens is 281 g/mol. The lowest BCUT2D eigenvalue weighted by atomic mass is 10.1. The number of halogens is 5. The Morgan fingerprint density at radius 2 is 2.00 bits per heavy atom. The molecule has 0 bridgehead atoms. The fourth-order valence-corrected chi connectivity index (χ4v) is 1.78. The van der Waals surface area contributed by atoms with Gasteiger partial charge in [-0.1, -0.05) is 0 Å². The van der Waals surface area contributed by atoms with Crippen molar-refractivity contribution in [2.75, 3.05) is 6.54 Å². The van der Waals surface area contributed by atoms with E-state index in [0.29, 0.717) is 18.6 Å². The molecule has 0 spiro atoms. The van der Waals surface area contributed by atoms with Gasteiger partial charge in [0.2, 0.25) is 0 Å². The van der Waals surface area contributed by atoms with E-state index >= 15 is 0 Å². The van der Waals surface area contributed by atoms with Gasteiger partial charge < -0.3 is 10.6 Å². The summed E-state index contributed by atoms with van der Waals surface area (Å²) in [7, 11) is 0. The van der Waals surface area contributed by atoms with E-state index in [4.69, 9.17) is 0 Å². The fraction of sp³-hybridized carbons (Fsp3) is 0.417. The van der Waals surface area contributed by atoms with Gasteiger partial charge in [0.05, 0.1) is 12.1 Å². The molecule has 2 rings (SSSR count). The van der Waals surface area contributed by atoms with Crippen LogP contribution in [0.2, 0.25) is 0 Å². The Morgan fingerprint density at radius 1 is 1.30 bits per heavy atom. The minimum Gasteiger partial charge on any atom is -0.352 e. The van der Waals surface area contributed by atoms with Gasteiger partial charge in [0.1, 0.15) is 11.6 Å². The van der Waals surface area contributed by atoms with Crippen LogP contribution in [0.4, 0.5) is 22.0 Å². The maximum absolute atomic E-state index is 13.5. The molecule has 3 nitrogen and oxygen atoms in total. The zero-order chi connectivity index (χ0) is 14.9. The Hall–Kier alpha value is -1.86. The lowest BCUT2D eigenvalue weighted by molar-refractivity contribution is -0.140. The molecule has 0 fully saturated rings. The summed E-state index contributed by atoms with van der Waals surface area (Å²) in [6, 6.07) is 0.842. The molecule has 0 radical (unpaired) electrons. The summed E-state index contributed by atoms with van der Waals surface area (Å²) < 4.78 is 64.0. The van der Waals surface area contributed by atoms with Crippen molar-refractivity contribution < 1.29 is 22.0 Å². The van der Waals surface area contributed by atoms with Crippen molar-refractivity contribution in [3.05, 3.63) is 34.9 Å². The lowest BCUT2D eigenvalue weighted by Gasteiger charge is -2.12. The molecule has 1 aliphatic heterocycles. The van der Waals surface area contributed by atoms with Crippen molar-refractivity contribution >= 4 is 5.96 Å². The number of guanidine groups is 1. The smallest absolute Gasteiger partial charge is 0.352 e. The Kier molecular flexibility index (Phi) is 3.82. The normalized spacial score (nSPS) is 18.7. The first kappa shape index (κ1) is 14.5. The largest absolute Gasteiger partial charge is 0.419 e. The van der Waals surface area contributed by atoms with Crippen LogP contribution in [0, 0.1) is 11.6 Å². The zero-order valence-electron chi connectivity index (χ0n) is 10.5. The van der Waals surface area contributed by atoms with Crippen molar-refractivity contribution in [2.24, 2.45) is 4.99 Å². The number of hydrogen-bond acceptors (Lipinski definition) is 3. The molecule has 1 atom stereocenters. The van der Waals surface area contributed by atoms with E-state index in [1.54, 1.807) is 0 Å². The number of benzene rings is 1. The van der Waals surface area contributed by atoms with Gasteiger partial charge in [0.15, 0.2) is 5.96 Å². The fourth-order valence-electron chi connectivity index (χ4n) is 1.78. The molecule has 1 aliphatic rings. The minimum atomic E-state index is -4.91. The van der Waals surface area contributed by atoms with E-state index in [1.165, 1.54) is 0 Å². The third kappa shape index (κ3) is 3.17. The predicted molar refractivity (Wildman–Crippen MR) is 63.1 cm³/mol. The van der Waals surface area contributed by atoms with Gasteiger partial charge in [-0.3, -0.25) is 4.99 Å². The second kappa shape index (κ2) is 5.26. The monoisotopic (exact) mass is 293 g/mol. The highest BCUT2D eigenvalue weighted by Crippen LogP contribution is 2.32. The molecule has 1 heterocycles. The zero-order valence-corrected chi connectivity index (χ0v) is 10.5. The third-order valence-electron chi connectivity index (χ3n) is 2.79. The van der Waals surface area contributed by atoms with Crippen LogP contribution in [0.1, 0.15) is 18.1 Å². The first-order valence-electron chi connectivity index (χ1n) is 5.87. The number of nitrogens with one attached hydrogen (secondary N) is 2. The highest BCUT2D eigenvalue weighted by molar-refractivity contribution is 5.81. The molecular formula is C12H12F5N3. The van der Waals surface area contributed by atoms with Crippen LogP contribution in [0.5, 0.6) is 0 Å². The van der Waals surface area contributed by atoms with Crippen LogP contribution >= 0.6 is 0 Å². The van der Waals surface area contributed by atoms with E-state index < -0.39 is 23.4 Å². The first-order valence-corrected chi connectivity index (χ1v) is 5.87. The highest BCUT2D eigenvalue weighted by atomic mass is 19.4. The average Bonchev–Trinajstić information content (AvgIpc) is 2.74. The molecule has 0 saturated heterocycles. The van der Waals surface area contributed by atoms with Crippen LogP contribution in [-0.2, 0) is 12.7 Å². The predicted octanol–water partition coefficient (Wildman–Crippen LogP) is 2.42. The van der Waals surface area contributed by atoms with Gasteiger partial charge in [-0.2, -0.15) is 13.2 Å². The second-order valence-corrected chi connectivity index (χ2v) is 4.51. The summed E-state index contributed by atoms with van der Waals surface area (Å²) in [5.41, 5.74) is -1.80. The summed E-state index contributed by atoms with van der Waals surface area (Å²) in [6.45, 7) is 2.28. The second-order valence-electron chi connectivity index (χ2n) is 4.51. The van der Waals surface area contributed by atoms with Gasteiger partial charge in [-0.15, -0.1) is 0 Å². The third-order valence-corrected chi connectivity index (χ3v) is 2.79. The van der Waals surface area contributed by atoms with Crippen LogP contribution in [0.3, 0.4) is 0 Å². The molecule has 0 aromatic heterocycles. The summed E-state index contributed by atoms with van der Waals surface area (Å²) in [6.07, 6.45) is -4.91. The van der Waals surface area contributed by atoms with Crippen molar-refractivity contribution in [1.82, 2.24) is 10.6 Å². The van der Waals surface area contributed by atoms with E-state index in [2.05, 4.69) is 15.6 Å². The lowest BCUT2D eigenvalue weighted by Crippen LogP contribution is -2.37. The van der Waals surface area contributed by atoms with E-state index in [9.17, 15) is 22.0 Å². The Bertz CT molecular complexity index is 539. The SMILES string of the molecule is CC1CN=C(NCc2cc(F)c(C(F)(F)F)cc2F)N1. The highest BCUT2D eigenvalue weighted by Gasteiger charge is 2.35. The van der Waals surface area contributed by atoms with Crippen molar-refractivity contribution in [2.45, 2.75) is 25.7 Å². The Balaban J connectivity index is 2.12.